The van der Waals surface area contributed by atoms with Crippen LogP contribution in [0.1, 0.15) is 0 Å². The van der Waals surface area contributed by atoms with Crippen LogP contribution >= 0.6 is 11.6 Å². The van der Waals surface area contributed by atoms with Gasteiger partial charge in [0.2, 0.25) is 0 Å². The fourth-order valence-corrected chi connectivity index (χ4v) is 2.60. The van der Waals surface area contributed by atoms with E-state index in [0.717, 1.165) is 28.1 Å². The Morgan fingerprint density at radius 2 is 1.74 bits per heavy atom. The zero-order valence-electron chi connectivity index (χ0n) is 12.1. The van der Waals surface area contributed by atoms with Crippen LogP contribution in [0.3, 0.4) is 0 Å². The fourth-order valence-electron chi connectivity index (χ4n) is 2.45. The number of para-hydroxylation sites is 1. The zero-order valence-corrected chi connectivity index (χ0v) is 12.8. The molecule has 4 rings (SSSR count). The number of hydrogen-bond donors (Lipinski definition) is 0. The third-order valence-electron chi connectivity index (χ3n) is 3.50. The van der Waals surface area contributed by atoms with E-state index in [1.54, 1.807) is 18.5 Å². The summed E-state index contributed by atoms with van der Waals surface area (Å²) in [4.78, 5) is 4.36. The lowest BCUT2D eigenvalue weighted by molar-refractivity contribution is 0.483. The highest BCUT2D eigenvalue weighted by Gasteiger charge is 2.11. The predicted molar refractivity (Wildman–Crippen MR) is 91.0 cm³/mol. The summed E-state index contributed by atoms with van der Waals surface area (Å²) in [5.41, 5.74) is 3.34. The third-order valence-corrected chi connectivity index (χ3v) is 3.71. The van der Waals surface area contributed by atoms with Gasteiger partial charge >= 0.3 is 0 Å². The van der Waals surface area contributed by atoms with Crippen molar-refractivity contribution in [3.8, 4) is 22.6 Å². The number of aromatic nitrogens is 1. The van der Waals surface area contributed by atoms with E-state index in [2.05, 4.69) is 4.98 Å². The van der Waals surface area contributed by atoms with Crippen LogP contribution < -0.4 is 4.74 Å². The van der Waals surface area contributed by atoms with Crippen molar-refractivity contribution < 1.29 is 9.15 Å². The van der Waals surface area contributed by atoms with Gasteiger partial charge in [0.05, 0.1) is 5.02 Å². The largest absolute Gasteiger partial charge is 0.462 e. The van der Waals surface area contributed by atoms with Gasteiger partial charge in [0.15, 0.2) is 5.58 Å². The van der Waals surface area contributed by atoms with E-state index in [9.17, 15) is 0 Å². The molecule has 2 aromatic carbocycles. The minimum Gasteiger partial charge on any atom is -0.462 e. The maximum absolute atomic E-state index is 5.95. The molecule has 0 atom stereocenters. The van der Waals surface area contributed by atoms with Crippen LogP contribution in [0.5, 0.6) is 11.5 Å². The molecule has 0 amide bonds. The summed E-state index contributed by atoms with van der Waals surface area (Å²) >= 11 is 5.95. The van der Waals surface area contributed by atoms with Gasteiger partial charge in [-0.2, -0.15) is 0 Å². The van der Waals surface area contributed by atoms with Gasteiger partial charge in [0.1, 0.15) is 23.3 Å². The number of benzene rings is 2. The molecule has 0 fully saturated rings. The summed E-state index contributed by atoms with van der Waals surface area (Å²) in [6, 6.07) is 19.3. The van der Waals surface area contributed by atoms with E-state index < -0.39 is 0 Å². The van der Waals surface area contributed by atoms with Crippen molar-refractivity contribution in [1.82, 2.24) is 4.98 Å². The van der Waals surface area contributed by atoms with Gasteiger partial charge in [-0.15, -0.1) is 0 Å². The smallest absolute Gasteiger partial charge is 0.154 e. The zero-order chi connectivity index (χ0) is 15.6. The Bertz CT molecular complexity index is 963. The van der Waals surface area contributed by atoms with E-state index in [-0.39, 0.29) is 0 Å². The van der Waals surface area contributed by atoms with Crippen molar-refractivity contribution in [2.24, 2.45) is 0 Å². The molecule has 23 heavy (non-hydrogen) atoms. The van der Waals surface area contributed by atoms with Gasteiger partial charge < -0.3 is 9.15 Å². The average molecular weight is 322 g/mol. The Balaban J connectivity index is 1.73. The summed E-state index contributed by atoms with van der Waals surface area (Å²) in [5.74, 6) is 1.56. The lowest BCUT2D eigenvalue weighted by Crippen LogP contribution is -1.85. The Morgan fingerprint density at radius 1 is 0.913 bits per heavy atom. The molecular weight excluding hydrogens is 310 g/mol. The van der Waals surface area contributed by atoms with Crippen LogP contribution in [-0.2, 0) is 0 Å². The molecule has 4 heteroatoms. The Hall–Kier alpha value is -2.78. The van der Waals surface area contributed by atoms with Crippen molar-refractivity contribution >= 4 is 22.7 Å². The number of rotatable bonds is 3. The quantitative estimate of drug-likeness (QED) is 0.468. The highest BCUT2D eigenvalue weighted by molar-refractivity contribution is 6.31. The second-order valence-corrected chi connectivity index (χ2v) is 5.53. The molecule has 0 aliphatic carbocycles. The minimum atomic E-state index is 0.555. The molecular formula is C19H12ClNO2. The van der Waals surface area contributed by atoms with E-state index in [0.29, 0.717) is 10.6 Å². The van der Waals surface area contributed by atoms with Gasteiger partial charge in [-0.1, -0.05) is 41.9 Å². The molecule has 0 aliphatic heterocycles. The van der Waals surface area contributed by atoms with E-state index >= 15 is 0 Å². The van der Waals surface area contributed by atoms with Crippen LogP contribution in [0.15, 0.2) is 77.5 Å². The van der Waals surface area contributed by atoms with Crippen LogP contribution in [0.25, 0.3) is 22.2 Å². The van der Waals surface area contributed by atoms with Crippen LogP contribution in [0, 0.1) is 0 Å². The van der Waals surface area contributed by atoms with Crippen LogP contribution in [0.2, 0.25) is 5.02 Å². The second-order valence-electron chi connectivity index (χ2n) is 5.09. The monoisotopic (exact) mass is 321 g/mol. The molecule has 0 aliphatic rings. The van der Waals surface area contributed by atoms with Crippen molar-refractivity contribution in [1.29, 1.82) is 0 Å². The Kier molecular flexibility index (Phi) is 3.48. The molecule has 0 unspecified atom stereocenters. The maximum atomic E-state index is 5.95. The lowest BCUT2D eigenvalue weighted by atomic mass is 10.1. The number of pyridine rings is 1. The standard InChI is InChI=1S/C19H12ClNO2/c20-14-10-18-19(21-11-14)17(12-22-18)13-5-4-8-16(9-13)23-15-6-2-1-3-7-15/h1-12H. The molecule has 2 aromatic heterocycles. The van der Waals surface area contributed by atoms with Crippen LogP contribution in [0.4, 0.5) is 0 Å². The molecule has 0 N–H and O–H groups in total. The van der Waals surface area contributed by atoms with Gasteiger partial charge in [-0.05, 0) is 29.8 Å². The first-order chi connectivity index (χ1) is 11.3. The molecule has 0 saturated heterocycles. The first-order valence-corrected chi connectivity index (χ1v) is 7.53. The number of furan rings is 1. The van der Waals surface area contributed by atoms with Gasteiger partial charge in [-0.3, -0.25) is 4.98 Å². The summed E-state index contributed by atoms with van der Waals surface area (Å²) in [5, 5.41) is 0.555. The maximum Gasteiger partial charge on any atom is 0.154 e. The molecule has 112 valence electrons. The van der Waals surface area contributed by atoms with Gasteiger partial charge in [-0.25, -0.2) is 0 Å². The SMILES string of the molecule is Clc1cnc2c(-c3cccc(Oc4ccccc4)c3)coc2c1. The summed E-state index contributed by atoms with van der Waals surface area (Å²) < 4.78 is 11.4. The molecule has 0 spiro atoms. The molecule has 0 saturated carbocycles. The molecule has 0 radical (unpaired) electrons. The van der Waals surface area contributed by atoms with Crippen molar-refractivity contribution in [3.05, 3.63) is 78.1 Å². The highest BCUT2D eigenvalue weighted by Crippen LogP contribution is 2.33. The highest BCUT2D eigenvalue weighted by atomic mass is 35.5. The number of fused-ring (bicyclic) bond motifs is 1. The third kappa shape index (κ3) is 2.79. The molecule has 3 nitrogen and oxygen atoms in total. The predicted octanol–water partition coefficient (Wildman–Crippen LogP) is 5.94. The fraction of sp³-hybridized carbons (Fsp3) is 0. The van der Waals surface area contributed by atoms with E-state index in [1.165, 1.54) is 0 Å². The normalized spacial score (nSPS) is 10.8. The molecule has 4 aromatic rings. The summed E-state index contributed by atoms with van der Waals surface area (Å²) in [6.45, 7) is 0. The minimum absolute atomic E-state index is 0.555. The van der Waals surface area contributed by atoms with Crippen molar-refractivity contribution in [2.75, 3.05) is 0 Å². The Morgan fingerprint density at radius 3 is 2.61 bits per heavy atom. The van der Waals surface area contributed by atoms with E-state index in [4.69, 9.17) is 20.8 Å². The van der Waals surface area contributed by atoms with Crippen LogP contribution in [-0.4, -0.2) is 4.98 Å². The van der Waals surface area contributed by atoms with Gasteiger partial charge in [0, 0.05) is 17.8 Å². The topological polar surface area (TPSA) is 35.3 Å². The lowest BCUT2D eigenvalue weighted by Gasteiger charge is -2.07. The summed E-state index contributed by atoms with van der Waals surface area (Å²) in [6.07, 6.45) is 3.31. The average Bonchev–Trinajstić information content (AvgIpc) is 2.99. The number of hydrogen-bond acceptors (Lipinski definition) is 3. The van der Waals surface area contributed by atoms with Crippen molar-refractivity contribution in [3.63, 3.8) is 0 Å². The van der Waals surface area contributed by atoms with Gasteiger partial charge in [0.25, 0.3) is 0 Å². The first kappa shape index (κ1) is 13.9. The molecule has 2 heterocycles. The molecule has 0 bridgehead atoms. The Labute approximate surface area is 138 Å². The number of halogens is 1. The second kappa shape index (κ2) is 5.78. The first-order valence-electron chi connectivity index (χ1n) is 7.16. The summed E-state index contributed by atoms with van der Waals surface area (Å²) in [7, 11) is 0. The van der Waals surface area contributed by atoms with E-state index in [1.807, 2.05) is 54.6 Å². The number of nitrogens with zero attached hydrogens (tertiary/aromatic N) is 1. The van der Waals surface area contributed by atoms with Crippen molar-refractivity contribution in [2.45, 2.75) is 0 Å². The number of ether oxygens (including phenoxy) is 1.